The van der Waals surface area contributed by atoms with Crippen molar-refractivity contribution in [2.45, 2.75) is 32.6 Å². The molecule has 0 aliphatic rings. The molecule has 5 aromatic rings. The number of aromatic nitrogens is 7. The fraction of sp³-hybridized carbons (Fsp3) is 0.179. The summed E-state index contributed by atoms with van der Waals surface area (Å²) < 4.78 is 81.8. The molecule has 0 saturated heterocycles. The number of rotatable bonds is 9. The first-order valence-electron chi connectivity index (χ1n) is 13.4. The van der Waals surface area contributed by atoms with Crippen LogP contribution in [0.25, 0.3) is 5.82 Å². The Morgan fingerprint density at radius 2 is 1.71 bits per heavy atom. The number of ether oxygens (including phenoxy) is 1. The number of hydrogen-bond donors (Lipinski definition) is 2. The lowest BCUT2D eigenvalue weighted by Crippen LogP contribution is -2.26. The van der Waals surface area contributed by atoms with Crippen molar-refractivity contribution in [2.24, 2.45) is 0 Å². The van der Waals surface area contributed by atoms with Gasteiger partial charge >= 0.3 is 12.5 Å². The number of amides is 2. The first-order chi connectivity index (χ1) is 22.6. The van der Waals surface area contributed by atoms with Crippen LogP contribution >= 0.6 is 23.2 Å². The summed E-state index contributed by atoms with van der Waals surface area (Å²) in [5.41, 5.74) is 0.300. The largest absolute Gasteiger partial charge is 0.573 e. The molecule has 3 aromatic heterocycles. The van der Waals surface area contributed by atoms with Gasteiger partial charge in [-0.05, 0) is 59.7 Å². The van der Waals surface area contributed by atoms with Crippen LogP contribution in [0.15, 0.2) is 60.8 Å². The van der Waals surface area contributed by atoms with Crippen molar-refractivity contribution in [1.82, 2.24) is 40.3 Å². The predicted molar refractivity (Wildman–Crippen MR) is 157 cm³/mol. The molecule has 20 heteroatoms. The van der Waals surface area contributed by atoms with Crippen molar-refractivity contribution in [1.29, 1.82) is 0 Å². The minimum absolute atomic E-state index is 0.00406. The standard InChI is InChI=1S/C28H19Cl2F6N9O3/c1-14-7-8-18(29)21(25(47)38-12-15-4-2-5-17(10-15)48-28(34,35)36)22(14)39-24(46)20-11-16(13-44-42-26(40-43-44)27(31,32)33)41-45(20)23-19(30)6-3-9-37-23/h2-11H,12-13H2,1H3,(H,38,47)(H,39,46). The van der Waals surface area contributed by atoms with Gasteiger partial charge in [-0.3, -0.25) is 9.59 Å². The van der Waals surface area contributed by atoms with Gasteiger partial charge in [-0.25, -0.2) is 9.67 Å². The molecule has 5 rings (SSSR count). The molecule has 48 heavy (non-hydrogen) atoms. The fourth-order valence-corrected chi connectivity index (χ4v) is 4.74. The highest BCUT2D eigenvalue weighted by atomic mass is 35.5. The molecule has 0 unspecified atom stereocenters. The summed E-state index contributed by atoms with van der Waals surface area (Å²) in [4.78, 5) is 31.9. The molecule has 0 atom stereocenters. The topological polar surface area (TPSA) is 142 Å². The van der Waals surface area contributed by atoms with Crippen LogP contribution in [0.4, 0.5) is 32.0 Å². The molecule has 0 saturated carbocycles. The number of nitrogens with one attached hydrogen (secondary N) is 2. The van der Waals surface area contributed by atoms with E-state index in [4.69, 9.17) is 23.2 Å². The van der Waals surface area contributed by atoms with Crippen molar-refractivity contribution >= 4 is 40.7 Å². The van der Waals surface area contributed by atoms with Crippen LogP contribution in [0.3, 0.4) is 0 Å². The average Bonchev–Trinajstić information content (AvgIpc) is 3.65. The second-order valence-electron chi connectivity index (χ2n) is 9.83. The van der Waals surface area contributed by atoms with Crippen LogP contribution in [0.5, 0.6) is 5.75 Å². The average molecular weight is 714 g/mol. The second-order valence-corrected chi connectivity index (χ2v) is 10.6. The first kappa shape index (κ1) is 34.1. The van der Waals surface area contributed by atoms with E-state index in [-0.39, 0.29) is 50.6 Å². The highest BCUT2D eigenvalue weighted by Crippen LogP contribution is 2.30. The summed E-state index contributed by atoms with van der Waals surface area (Å²) in [5.74, 6) is -3.59. The Labute approximate surface area is 275 Å². The van der Waals surface area contributed by atoms with Crippen LogP contribution in [-0.2, 0) is 19.3 Å². The lowest BCUT2D eigenvalue weighted by atomic mass is 10.1. The molecule has 250 valence electrons. The van der Waals surface area contributed by atoms with Crippen LogP contribution in [0.1, 0.15) is 43.5 Å². The number of anilines is 1. The molecule has 2 aromatic carbocycles. The highest BCUT2D eigenvalue weighted by Gasteiger charge is 2.37. The van der Waals surface area contributed by atoms with Gasteiger partial charge in [0.1, 0.15) is 18.0 Å². The Kier molecular flexibility index (Phi) is 9.58. The number of tetrazole rings is 1. The molecule has 2 amide bonds. The third-order valence-electron chi connectivity index (χ3n) is 6.36. The van der Waals surface area contributed by atoms with Crippen LogP contribution in [0, 0.1) is 6.92 Å². The zero-order chi connectivity index (χ0) is 34.8. The van der Waals surface area contributed by atoms with E-state index < -0.39 is 42.5 Å². The minimum Gasteiger partial charge on any atom is -0.406 e. The number of pyridine rings is 1. The zero-order valence-corrected chi connectivity index (χ0v) is 25.6. The second kappa shape index (κ2) is 13.5. The van der Waals surface area contributed by atoms with Gasteiger partial charge in [-0.2, -0.15) is 23.1 Å². The number of nitrogens with zero attached hydrogens (tertiary/aromatic N) is 7. The molecular weight excluding hydrogens is 695 g/mol. The summed E-state index contributed by atoms with van der Waals surface area (Å²) in [6.45, 7) is 0.916. The zero-order valence-electron chi connectivity index (χ0n) is 24.1. The number of carbonyl (C=O) groups is 2. The number of carbonyl (C=O) groups excluding carboxylic acids is 2. The number of alkyl halides is 6. The Hall–Kier alpha value is -5.23. The molecule has 3 heterocycles. The molecule has 0 aliphatic heterocycles. The van der Waals surface area contributed by atoms with E-state index in [9.17, 15) is 35.9 Å². The quantitative estimate of drug-likeness (QED) is 0.177. The Balaban J connectivity index is 1.43. The normalized spacial score (nSPS) is 11.8. The van der Waals surface area contributed by atoms with Crippen molar-refractivity contribution in [3.05, 3.63) is 105 Å². The smallest absolute Gasteiger partial charge is 0.406 e. The summed E-state index contributed by atoms with van der Waals surface area (Å²) >= 11 is 12.7. The highest BCUT2D eigenvalue weighted by molar-refractivity contribution is 6.35. The van der Waals surface area contributed by atoms with Crippen molar-refractivity contribution < 1.29 is 40.7 Å². The maximum Gasteiger partial charge on any atom is 0.573 e. The fourth-order valence-electron chi connectivity index (χ4n) is 4.30. The van der Waals surface area contributed by atoms with E-state index in [1.807, 2.05) is 0 Å². The van der Waals surface area contributed by atoms with Gasteiger partial charge in [-0.15, -0.1) is 23.4 Å². The third kappa shape index (κ3) is 8.00. The summed E-state index contributed by atoms with van der Waals surface area (Å²) in [6.07, 6.45) is -8.38. The number of hydrogen-bond acceptors (Lipinski definition) is 8. The minimum atomic E-state index is -4.91. The van der Waals surface area contributed by atoms with E-state index in [0.717, 1.165) is 16.8 Å². The van der Waals surface area contributed by atoms with Gasteiger partial charge < -0.3 is 15.4 Å². The van der Waals surface area contributed by atoms with E-state index in [1.54, 1.807) is 6.92 Å². The van der Waals surface area contributed by atoms with Gasteiger partial charge in [0.15, 0.2) is 5.82 Å². The molecule has 0 aliphatic carbocycles. The summed E-state index contributed by atoms with van der Waals surface area (Å²) in [6, 6.07) is 12.1. The molecular formula is C28H19Cl2F6N9O3. The van der Waals surface area contributed by atoms with E-state index in [0.29, 0.717) is 10.4 Å². The number of aryl methyl sites for hydroxylation is 1. The van der Waals surface area contributed by atoms with Crippen molar-refractivity contribution in [3.63, 3.8) is 0 Å². The monoisotopic (exact) mass is 713 g/mol. The SMILES string of the molecule is Cc1ccc(Cl)c(C(=O)NCc2cccc(OC(F)(F)F)c2)c1NC(=O)c1cc(Cn2nnc(C(F)(F)F)n2)nn1-c1ncccc1Cl. The Morgan fingerprint density at radius 1 is 0.938 bits per heavy atom. The number of benzene rings is 2. The van der Waals surface area contributed by atoms with Gasteiger partial charge in [0.05, 0.1) is 27.0 Å². The maximum absolute atomic E-state index is 13.8. The van der Waals surface area contributed by atoms with Crippen molar-refractivity contribution in [2.75, 3.05) is 5.32 Å². The first-order valence-corrected chi connectivity index (χ1v) is 14.1. The summed E-state index contributed by atoms with van der Waals surface area (Å²) in [5, 5.41) is 19.1. The lowest BCUT2D eigenvalue weighted by Gasteiger charge is -2.16. The maximum atomic E-state index is 13.8. The Morgan fingerprint density at radius 3 is 2.40 bits per heavy atom. The van der Waals surface area contributed by atoms with Gasteiger partial charge in [0.25, 0.3) is 17.6 Å². The molecule has 0 radical (unpaired) electrons. The summed E-state index contributed by atoms with van der Waals surface area (Å²) in [7, 11) is 0. The van der Waals surface area contributed by atoms with E-state index in [2.05, 4.69) is 40.9 Å². The lowest BCUT2D eigenvalue weighted by molar-refractivity contribution is -0.274. The molecule has 0 bridgehead atoms. The van der Waals surface area contributed by atoms with E-state index in [1.165, 1.54) is 48.7 Å². The van der Waals surface area contributed by atoms with Gasteiger partial charge in [0.2, 0.25) is 0 Å². The van der Waals surface area contributed by atoms with Crippen LogP contribution in [0.2, 0.25) is 10.0 Å². The predicted octanol–water partition coefficient (Wildman–Crippen LogP) is 6.02. The van der Waals surface area contributed by atoms with Crippen LogP contribution < -0.4 is 15.4 Å². The Bertz CT molecular complexity index is 2000. The van der Waals surface area contributed by atoms with E-state index >= 15 is 0 Å². The molecule has 2 N–H and O–H groups in total. The molecule has 0 spiro atoms. The van der Waals surface area contributed by atoms with Gasteiger partial charge in [0, 0.05) is 12.7 Å². The van der Waals surface area contributed by atoms with Crippen LogP contribution in [-0.4, -0.2) is 53.1 Å². The van der Waals surface area contributed by atoms with Crippen molar-refractivity contribution in [3.8, 4) is 11.6 Å². The molecule has 12 nitrogen and oxygen atoms in total. The number of halogens is 8. The van der Waals surface area contributed by atoms with Gasteiger partial charge in [-0.1, -0.05) is 41.4 Å². The molecule has 0 fully saturated rings. The third-order valence-corrected chi connectivity index (χ3v) is 6.97.